The van der Waals surface area contributed by atoms with Crippen LogP contribution in [0.15, 0.2) is 0 Å². The molecule has 0 saturated carbocycles. The Hall–Kier alpha value is -0.280. The highest BCUT2D eigenvalue weighted by Crippen LogP contribution is 2.13. The van der Waals surface area contributed by atoms with Crippen molar-refractivity contribution in [1.82, 2.24) is 5.32 Å². The third kappa shape index (κ3) is 4.85. The van der Waals surface area contributed by atoms with Gasteiger partial charge in [-0.15, -0.1) is 11.6 Å². The summed E-state index contributed by atoms with van der Waals surface area (Å²) in [4.78, 5) is 11.6. The number of nitrogens with one attached hydrogen (secondary N) is 1. The summed E-state index contributed by atoms with van der Waals surface area (Å²) >= 11 is 5.96. The van der Waals surface area contributed by atoms with Crippen LogP contribution in [0.1, 0.15) is 32.6 Å². The predicted octanol–water partition coefficient (Wildman–Crippen LogP) is 1.94. The van der Waals surface area contributed by atoms with Crippen molar-refractivity contribution in [2.24, 2.45) is 5.92 Å². The molecule has 0 aromatic rings. The van der Waals surface area contributed by atoms with E-state index in [1.807, 2.05) is 0 Å². The van der Waals surface area contributed by atoms with Gasteiger partial charge in [-0.2, -0.15) is 0 Å². The molecule has 1 amide bonds. The maximum atomic E-state index is 11.6. The molecule has 0 aromatic heterocycles. The molecule has 1 aliphatic heterocycles. The lowest BCUT2D eigenvalue weighted by Crippen LogP contribution is -2.36. The van der Waals surface area contributed by atoms with Crippen LogP contribution in [0.5, 0.6) is 0 Å². The fraction of sp³-hybridized carbons (Fsp3) is 0.909. The molecular formula is C11H20ClNO2. The summed E-state index contributed by atoms with van der Waals surface area (Å²) in [7, 11) is 0. The smallest absolute Gasteiger partial charge is 0.225 e. The number of carbonyl (C=O) groups excluding carboxylic acids is 1. The summed E-state index contributed by atoms with van der Waals surface area (Å²) in [6, 6.07) is 0. The van der Waals surface area contributed by atoms with Gasteiger partial charge in [-0.3, -0.25) is 4.79 Å². The van der Waals surface area contributed by atoms with Crippen LogP contribution < -0.4 is 5.32 Å². The van der Waals surface area contributed by atoms with Crippen molar-refractivity contribution < 1.29 is 9.53 Å². The highest BCUT2D eigenvalue weighted by atomic mass is 35.5. The molecule has 0 bridgehead atoms. The highest BCUT2D eigenvalue weighted by molar-refractivity contribution is 6.20. The van der Waals surface area contributed by atoms with Gasteiger partial charge in [0.1, 0.15) is 0 Å². The van der Waals surface area contributed by atoms with Crippen molar-refractivity contribution in [1.29, 1.82) is 0 Å². The Morgan fingerprint density at radius 1 is 1.67 bits per heavy atom. The van der Waals surface area contributed by atoms with E-state index in [9.17, 15) is 4.79 Å². The Morgan fingerprint density at radius 3 is 3.07 bits per heavy atom. The molecule has 15 heavy (non-hydrogen) atoms. The number of ether oxygens (including phenoxy) is 1. The van der Waals surface area contributed by atoms with Gasteiger partial charge in [0.25, 0.3) is 0 Å². The molecule has 2 unspecified atom stereocenters. The standard InChI is InChI=1S/C11H20ClNO2/c1-2-10(12)5-6-13-11(14)9-4-3-7-15-8-9/h9-10H,2-8H2,1H3,(H,13,14). The first-order valence-corrected chi connectivity index (χ1v) is 6.17. The number of carbonyl (C=O) groups is 1. The molecular weight excluding hydrogens is 214 g/mol. The van der Waals surface area contributed by atoms with Crippen LogP contribution in [0.25, 0.3) is 0 Å². The second kappa shape index (κ2) is 7.07. The molecule has 88 valence electrons. The molecule has 1 heterocycles. The first-order chi connectivity index (χ1) is 7.24. The third-order valence-electron chi connectivity index (χ3n) is 2.73. The van der Waals surface area contributed by atoms with E-state index in [0.717, 1.165) is 32.3 Å². The summed E-state index contributed by atoms with van der Waals surface area (Å²) in [6.45, 7) is 4.10. The van der Waals surface area contributed by atoms with E-state index in [-0.39, 0.29) is 17.2 Å². The molecule has 1 saturated heterocycles. The molecule has 2 atom stereocenters. The van der Waals surface area contributed by atoms with Crippen molar-refractivity contribution in [2.75, 3.05) is 19.8 Å². The minimum Gasteiger partial charge on any atom is -0.381 e. The monoisotopic (exact) mass is 233 g/mol. The van der Waals surface area contributed by atoms with Crippen molar-refractivity contribution >= 4 is 17.5 Å². The summed E-state index contributed by atoms with van der Waals surface area (Å²) in [6.07, 6.45) is 3.73. The fourth-order valence-electron chi connectivity index (χ4n) is 1.65. The zero-order valence-electron chi connectivity index (χ0n) is 9.30. The Bertz CT molecular complexity index is 193. The van der Waals surface area contributed by atoms with Gasteiger partial charge in [0.15, 0.2) is 0 Å². The zero-order chi connectivity index (χ0) is 11.1. The summed E-state index contributed by atoms with van der Waals surface area (Å²) in [5.74, 6) is 0.170. The summed E-state index contributed by atoms with van der Waals surface area (Å²) < 4.78 is 5.26. The highest BCUT2D eigenvalue weighted by Gasteiger charge is 2.21. The van der Waals surface area contributed by atoms with Crippen LogP contribution in [0.3, 0.4) is 0 Å². The van der Waals surface area contributed by atoms with E-state index in [1.165, 1.54) is 0 Å². The van der Waals surface area contributed by atoms with Crippen LogP contribution in [-0.4, -0.2) is 31.0 Å². The minimum absolute atomic E-state index is 0.0501. The topological polar surface area (TPSA) is 38.3 Å². The van der Waals surface area contributed by atoms with E-state index in [4.69, 9.17) is 16.3 Å². The first kappa shape index (κ1) is 12.8. The number of alkyl halides is 1. The molecule has 1 aliphatic rings. The van der Waals surface area contributed by atoms with Crippen molar-refractivity contribution in [3.63, 3.8) is 0 Å². The number of rotatable bonds is 5. The molecule has 0 radical (unpaired) electrons. The van der Waals surface area contributed by atoms with Gasteiger partial charge in [0.05, 0.1) is 12.5 Å². The zero-order valence-corrected chi connectivity index (χ0v) is 10.1. The quantitative estimate of drug-likeness (QED) is 0.737. The second-order valence-corrected chi connectivity index (χ2v) is 4.62. The summed E-state index contributed by atoms with van der Waals surface area (Å²) in [5, 5.41) is 3.09. The van der Waals surface area contributed by atoms with E-state index in [0.29, 0.717) is 13.2 Å². The van der Waals surface area contributed by atoms with Crippen molar-refractivity contribution in [3.05, 3.63) is 0 Å². The molecule has 3 nitrogen and oxygen atoms in total. The lowest BCUT2D eigenvalue weighted by atomic mass is 10.0. The first-order valence-electron chi connectivity index (χ1n) is 5.73. The van der Waals surface area contributed by atoms with Gasteiger partial charge in [0, 0.05) is 18.5 Å². The average molecular weight is 234 g/mol. The van der Waals surface area contributed by atoms with Crippen molar-refractivity contribution in [2.45, 2.75) is 38.0 Å². The predicted molar refractivity (Wildman–Crippen MR) is 61.1 cm³/mol. The van der Waals surface area contributed by atoms with Crippen LogP contribution >= 0.6 is 11.6 Å². The van der Waals surface area contributed by atoms with E-state index in [1.54, 1.807) is 0 Å². The number of amides is 1. The Labute approximate surface area is 96.5 Å². The fourth-order valence-corrected chi connectivity index (χ4v) is 1.76. The average Bonchev–Trinajstić information content (AvgIpc) is 2.29. The number of halogens is 1. The normalized spacial score (nSPS) is 23.5. The SMILES string of the molecule is CCC(Cl)CCNC(=O)C1CCCOC1. The van der Waals surface area contributed by atoms with Crippen LogP contribution in [0, 0.1) is 5.92 Å². The van der Waals surface area contributed by atoms with Crippen LogP contribution in [0.4, 0.5) is 0 Å². The maximum absolute atomic E-state index is 11.6. The molecule has 1 N–H and O–H groups in total. The summed E-state index contributed by atoms with van der Waals surface area (Å²) in [5.41, 5.74) is 0. The lowest BCUT2D eigenvalue weighted by Gasteiger charge is -2.21. The second-order valence-electron chi connectivity index (χ2n) is 4.00. The molecule has 1 fully saturated rings. The Kier molecular flexibility index (Phi) is 6.03. The minimum atomic E-state index is 0.0501. The molecule has 1 rings (SSSR count). The molecule has 0 aromatic carbocycles. The third-order valence-corrected chi connectivity index (χ3v) is 3.26. The molecule has 0 aliphatic carbocycles. The largest absolute Gasteiger partial charge is 0.381 e. The van der Waals surface area contributed by atoms with Gasteiger partial charge in [-0.1, -0.05) is 6.92 Å². The van der Waals surface area contributed by atoms with E-state index >= 15 is 0 Å². The van der Waals surface area contributed by atoms with Gasteiger partial charge in [0.2, 0.25) is 5.91 Å². The Morgan fingerprint density at radius 2 is 2.47 bits per heavy atom. The Balaban J connectivity index is 2.12. The van der Waals surface area contributed by atoms with Crippen molar-refractivity contribution in [3.8, 4) is 0 Å². The number of hydrogen-bond acceptors (Lipinski definition) is 2. The van der Waals surface area contributed by atoms with Gasteiger partial charge in [-0.25, -0.2) is 0 Å². The van der Waals surface area contributed by atoms with Crippen LogP contribution in [-0.2, 0) is 9.53 Å². The van der Waals surface area contributed by atoms with E-state index < -0.39 is 0 Å². The van der Waals surface area contributed by atoms with Gasteiger partial charge in [-0.05, 0) is 25.7 Å². The molecule has 4 heteroatoms. The number of hydrogen-bond donors (Lipinski definition) is 1. The van der Waals surface area contributed by atoms with E-state index in [2.05, 4.69) is 12.2 Å². The maximum Gasteiger partial charge on any atom is 0.225 e. The molecule has 0 spiro atoms. The van der Waals surface area contributed by atoms with Gasteiger partial charge >= 0.3 is 0 Å². The van der Waals surface area contributed by atoms with Gasteiger partial charge < -0.3 is 10.1 Å². The lowest BCUT2D eigenvalue weighted by molar-refractivity contribution is -0.128. The van der Waals surface area contributed by atoms with Crippen LogP contribution in [0.2, 0.25) is 0 Å².